The molecule has 12 aromatic rings. The molecular weight excluding hydrogens is 997 g/mol. The summed E-state index contributed by atoms with van der Waals surface area (Å²) in [4.78, 5) is 12.0. The molecule has 0 fully saturated rings. The Labute approximate surface area is 462 Å². The molecule has 2 aliphatic heterocycles. The van der Waals surface area contributed by atoms with E-state index in [9.17, 15) is 0 Å². The summed E-state index contributed by atoms with van der Waals surface area (Å²) in [6.45, 7) is 13.8. The van der Waals surface area contributed by atoms with Gasteiger partial charge in [0.2, 0.25) is 0 Å². The van der Waals surface area contributed by atoms with Crippen LogP contribution in [-0.4, -0.2) is 13.3 Å². The van der Waals surface area contributed by atoms with Crippen molar-refractivity contribution in [2.75, 3.05) is 14.7 Å². The van der Waals surface area contributed by atoms with Crippen LogP contribution in [0.3, 0.4) is 0 Å². The highest BCUT2D eigenvalue weighted by Crippen LogP contribution is 2.54. The molecule has 374 valence electrons. The van der Waals surface area contributed by atoms with E-state index >= 15 is 0 Å². The van der Waals surface area contributed by atoms with Crippen molar-refractivity contribution in [2.24, 2.45) is 0 Å². The standard InChI is InChI=1S/C68H54N6S3/c1-67(2,3)44-25-38-54-52(41-44)53-42-45(68(4,5)6)26-39-55(53)72(54)48-27-23-43(24-28-48)51-37-40-60(66-65(51)69-77-70-66)71(46-29-33-49(34-30-46)73-56-15-7-11-19-61(56)75-62-20-12-8-16-57(62)73)47-31-35-50(36-32-47)74-58-17-9-13-21-63(58)76-64-22-14-10-18-59(64)74/h7-42H,1-6H3. The highest BCUT2D eigenvalue weighted by atomic mass is 32.2. The molecule has 9 heteroatoms. The van der Waals surface area contributed by atoms with Gasteiger partial charge < -0.3 is 19.3 Å². The SMILES string of the molecule is CC(C)(C)c1ccc2c(c1)c1cc(C(C)(C)C)ccc1n2-c1ccc(-c2ccc(N(c3ccc(N4c5ccccc5Sc5ccccc54)cc3)c3ccc(N4c5ccccc5Sc5ccccc54)cc3)c3nsnc23)cc1. The minimum atomic E-state index is 0.0319. The minimum absolute atomic E-state index is 0.0319. The zero-order valence-corrected chi connectivity index (χ0v) is 46.1. The lowest BCUT2D eigenvalue weighted by Gasteiger charge is -2.34. The third kappa shape index (κ3) is 8.10. The Balaban J connectivity index is 0.872. The molecule has 0 unspecified atom stereocenters. The topological polar surface area (TPSA) is 40.4 Å². The lowest BCUT2D eigenvalue weighted by Crippen LogP contribution is -2.16. The van der Waals surface area contributed by atoms with Gasteiger partial charge in [-0.3, -0.25) is 0 Å². The van der Waals surface area contributed by atoms with E-state index in [4.69, 9.17) is 8.75 Å². The number of para-hydroxylation sites is 4. The number of fused-ring (bicyclic) bond motifs is 8. The van der Waals surface area contributed by atoms with E-state index in [2.05, 4.69) is 279 Å². The summed E-state index contributed by atoms with van der Waals surface area (Å²) < 4.78 is 12.6. The van der Waals surface area contributed by atoms with Crippen molar-refractivity contribution in [1.29, 1.82) is 0 Å². The van der Waals surface area contributed by atoms with Gasteiger partial charge in [-0.05, 0) is 173 Å². The highest BCUT2D eigenvalue weighted by molar-refractivity contribution is 8.00. The van der Waals surface area contributed by atoms with Crippen LogP contribution in [0.2, 0.25) is 0 Å². The van der Waals surface area contributed by atoms with Crippen molar-refractivity contribution in [3.63, 3.8) is 0 Å². The van der Waals surface area contributed by atoms with E-state index in [1.165, 1.54) is 87.0 Å². The second-order valence-corrected chi connectivity index (χ2v) is 24.7. The molecule has 77 heavy (non-hydrogen) atoms. The Morgan fingerprint density at radius 3 is 1.22 bits per heavy atom. The zero-order valence-electron chi connectivity index (χ0n) is 43.7. The van der Waals surface area contributed by atoms with Crippen LogP contribution in [0.1, 0.15) is 52.7 Å². The Kier molecular flexibility index (Phi) is 11.3. The zero-order chi connectivity index (χ0) is 52.2. The summed E-state index contributed by atoms with van der Waals surface area (Å²) >= 11 is 4.91. The Hall–Kier alpha value is -8.08. The van der Waals surface area contributed by atoms with Crippen LogP contribution >= 0.6 is 35.3 Å². The molecule has 2 aromatic heterocycles. The Bertz CT molecular complexity index is 3960. The molecular formula is C68H54N6S3. The van der Waals surface area contributed by atoms with Gasteiger partial charge >= 0.3 is 0 Å². The fourth-order valence-corrected chi connectivity index (χ4v) is 13.9. The molecule has 4 heterocycles. The summed E-state index contributed by atoms with van der Waals surface area (Å²) in [5.74, 6) is 0. The average molecular weight is 1050 g/mol. The van der Waals surface area contributed by atoms with Gasteiger partial charge in [-0.15, -0.1) is 0 Å². The molecule has 0 saturated carbocycles. The van der Waals surface area contributed by atoms with Gasteiger partial charge in [0.25, 0.3) is 0 Å². The number of nitrogens with zero attached hydrogens (tertiary/aromatic N) is 6. The maximum atomic E-state index is 5.10. The molecule has 0 saturated heterocycles. The van der Waals surface area contributed by atoms with Gasteiger partial charge in [0.15, 0.2) is 0 Å². The van der Waals surface area contributed by atoms with Crippen molar-refractivity contribution < 1.29 is 0 Å². The van der Waals surface area contributed by atoms with Crippen molar-refractivity contribution in [3.05, 3.63) is 230 Å². The average Bonchev–Trinajstić information content (AvgIpc) is 4.10. The second-order valence-electron chi connectivity index (χ2n) is 22.1. The van der Waals surface area contributed by atoms with Crippen molar-refractivity contribution in [2.45, 2.75) is 72.0 Å². The normalized spacial score (nSPS) is 13.2. The first-order chi connectivity index (χ1) is 37.4. The van der Waals surface area contributed by atoms with Gasteiger partial charge in [-0.1, -0.05) is 138 Å². The quantitative estimate of drug-likeness (QED) is 0.157. The first kappa shape index (κ1) is 47.4. The lowest BCUT2D eigenvalue weighted by molar-refractivity contribution is 0.590. The first-order valence-corrected chi connectivity index (χ1v) is 28.6. The maximum absolute atomic E-state index is 5.10. The number of rotatable bonds is 7. The number of hydrogen-bond donors (Lipinski definition) is 0. The van der Waals surface area contributed by atoms with Gasteiger partial charge in [-0.2, -0.15) is 8.75 Å². The van der Waals surface area contributed by atoms with E-state index in [0.717, 1.165) is 56.3 Å². The molecule has 2 aliphatic rings. The van der Waals surface area contributed by atoms with Gasteiger partial charge in [-0.25, -0.2) is 0 Å². The molecule has 0 bridgehead atoms. The summed E-state index contributed by atoms with van der Waals surface area (Å²) in [6, 6.07) is 80.2. The Morgan fingerprint density at radius 1 is 0.390 bits per heavy atom. The van der Waals surface area contributed by atoms with E-state index in [1.807, 2.05) is 23.5 Å². The van der Waals surface area contributed by atoms with Crippen molar-refractivity contribution >= 4 is 119 Å². The van der Waals surface area contributed by atoms with Crippen LogP contribution in [0, 0.1) is 0 Å². The highest BCUT2D eigenvalue weighted by Gasteiger charge is 2.28. The largest absolute Gasteiger partial charge is 0.309 e. The van der Waals surface area contributed by atoms with Gasteiger partial charge in [0, 0.05) is 64.4 Å². The van der Waals surface area contributed by atoms with Crippen LogP contribution in [0.25, 0.3) is 49.7 Å². The van der Waals surface area contributed by atoms with Crippen LogP contribution in [0.5, 0.6) is 0 Å². The fraction of sp³-hybridized carbons (Fsp3) is 0.118. The van der Waals surface area contributed by atoms with E-state index in [1.54, 1.807) is 0 Å². The molecule has 10 aromatic carbocycles. The minimum Gasteiger partial charge on any atom is -0.309 e. The number of hydrogen-bond acceptors (Lipinski definition) is 8. The molecule has 0 radical (unpaired) electrons. The third-order valence-electron chi connectivity index (χ3n) is 15.2. The molecule has 0 spiro atoms. The van der Waals surface area contributed by atoms with Crippen molar-refractivity contribution in [3.8, 4) is 16.8 Å². The molecule has 14 rings (SSSR count). The Morgan fingerprint density at radius 2 is 0.792 bits per heavy atom. The predicted octanol–water partition coefficient (Wildman–Crippen LogP) is 20.4. The third-order valence-corrected chi connectivity index (χ3v) is 18.0. The molecule has 0 N–H and O–H groups in total. The van der Waals surface area contributed by atoms with Crippen LogP contribution in [-0.2, 0) is 10.8 Å². The van der Waals surface area contributed by atoms with Crippen LogP contribution in [0.15, 0.2) is 238 Å². The van der Waals surface area contributed by atoms with Crippen LogP contribution in [0.4, 0.5) is 51.2 Å². The molecule has 0 atom stereocenters. The molecule has 0 aliphatic carbocycles. The number of benzene rings is 10. The number of anilines is 9. The predicted molar refractivity (Wildman–Crippen MR) is 327 cm³/mol. The van der Waals surface area contributed by atoms with Gasteiger partial charge in [0.05, 0.1) is 51.2 Å². The van der Waals surface area contributed by atoms with Crippen molar-refractivity contribution in [1.82, 2.24) is 13.3 Å². The fourth-order valence-electron chi connectivity index (χ4n) is 11.2. The summed E-state index contributed by atoms with van der Waals surface area (Å²) in [7, 11) is 0. The molecule has 0 amide bonds. The molecule has 6 nitrogen and oxygen atoms in total. The smallest absolute Gasteiger partial charge is 0.129 e. The van der Waals surface area contributed by atoms with Crippen LogP contribution < -0.4 is 14.7 Å². The van der Waals surface area contributed by atoms with Gasteiger partial charge in [0.1, 0.15) is 11.0 Å². The first-order valence-electron chi connectivity index (χ1n) is 26.2. The second kappa shape index (κ2) is 18.3. The number of aromatic nitrogens is 3. The monoisotopic (exact) mass is 1050 g/mol. The van der Waals surface area contributed by atoms with E-state index in [-0.39, 0.29) is 10.8 Å². The maximum Gasteiger partial charge on any atom is 0.129 e. The summed E-state index contributed by atoms with van der Waals surface area (Å²) in [5, 5.41) is 2.56. The summed E-state index contributed by atoms with van der Waals surface area (Å²) in [5.41, 5.74) is 20.0. The van der Waals surface area contributed by atoms with E-state index < -0.39 is 0 Å². The lowest BCUT2D eigenvalue weighted by atomic mass is 9.85. The van der Waals surface area contributed by atoms with E-state index in [0.29, 0.717) is 0 Å². The summed E-state index contributed by atoms with van der Waals surface area (Å²) in [6.07, 6.45) is 0.